The van der Waals surface area contributed by atoms with E-state index in [4.69, 9.17) is 0 Å². The monoisotopic (exact) mass is 326 g/mol. The van der Waals surface area contributed by atoms with Crippen LogP contribution in [0, 0.1) is 0 Å². The Kier molecular flexibility index (Phi) is 6.01. The van der Waals surface area contributed by atoms with Gasteiger partial charge in [0.15, 0.2) is 5.78 Å². The molecule has 0 aliphatic carbocycles. The molecule has 0 radical (unpaired) electrons. The number of nitrogens with one attached hydrogen (secondary N) is 1. The van der Waals surface area contributed by atoms with Crippen molar-refractivity contribution in [1.29, 1.82) is 0 Å². The average Bonchev–Trinajstić information content (AvgIpc) is 2.60. The van der Waals surface area contributed by atoms with Gasteiger partial charge in [-0.1, -0.05) is 25.5 Å². The molecule has 24 heavy (non-hydrogen) atoms. The van der Waals surface area contributed by atoms with Crippen LogP contribution in [0.2, 0.25) is 0 Å². The predicted molar refractivity (Wildman–Crippen MR) is 94.6 cm³/mol. The van der Waals surface area contributed by atoms with E-state index in [2.05, 4.69) is 22.2 Å². The van der Waals surface area contributed by atoms with Gasteiger partial charge in [-0.2, -0.15) is 0 Å². The van der Waals surface area contributed by atoms with Crippen molar-refractivity contribution in [2.24, 2.45) is 0 Å². The zero-order valence-corrected chi connectivity index (χ0v) is 14.2. The second kappa shape index (κ2) is 8.19. The van der Waals surface area contributed by atoms with Crippen LogP contribution >= 0.6 is 0 Å². The van der Waals surface area contributed by atoms with Gasteiger partial charge in [0.05, 0.1) is 5.56 Å². The summed E-state index contributed by atoms with van der Waals surface area (Å²) in [6, 6.07) is 6.82. The van der Waals surface area contributed by atoms with Crippen LogP contribution in [-0.2, 0) is 0 Å². The standard InChI is InChI=1S/C18H22N4O2/c1-4-5-9-22(3)18-19-11-15(12-20-18)17(24)21-16-8-6-7-14(10-16)13(2)23/h6-8,10-12H,4-5,9H2,1-3H3,(H,21,24). The van der Waals surface area contributed by atoms with Crippen molar-refractivity contribution in [2.45, 2.75) is 26.7 Å². The number of benzene rings is 1. The van der Waals surface area contributed by atoms with Crippen LogP contribution in [0.25, 0.3) is 0 Å². The Labute approximate surface area is 141 Å². The number of amides is 1. The Hall–Kier alpha value is -2.76. The van der Waals surface area contributed by atoms with E-state index >= 15 is 0 Å². The van der Waals surface area contributed by atoms with Crippen LogP contribution in [0.5, 0.6) is 0 Å². The van der Waals surface area contributed by atoms with E-state index in [-0.39, 0.29) is 11.7 Å². The molecule has 0 aliphatic heterocycles. The van der Waals surface area contributed by atoms with Crippen LogP contribution in [0.1, 0.15) is 47.4 Å². The zero-order chi connectivity index (χ0) is 17.5. The molecule has 1 aromatic carbocycles. The quantitative estimate of drug-likeness (QED) is 0.791. The fraction of sp³-hybridized carbons (Fsp3) is 0.333. The number of aromatic nitrogens is 2. The highest BCUT2D eigenvalue weighted by Gasteiger charge is 2.10. The third kappa shape index (κ3) is 4.62. The summed E-state index contributed by atoms with van der Waals surface area (Å²) in [7, 11) is 1.93. The van der Waals surface area contributed by atoms with Crippen molar-refractivity contribution in [2.75, 3.05) is 23.8 Å². The summed E-state index contributed by atoms with van der Waals surface area (Å²) in [6.07, 6.45) is 5.18. The molecule has 126 valence electrons. The Balaban J connectivity index is 2.05. The van der Waals surface area contributed by atoms with Crippen LogP contribution in [0.4, 0.5) is 11.6 Å². The lowest BCUT2D eigenvalue weighted by Gasteiger charge is -2.16. The first-order valence-electron chi connectivity index (χ1n) is 7.96. The number of carbonyl (C=O) groups is 2. The molecule has 0 atom stereocenters. The second-order valence-electron chi connectivity index (χ2n) is 5.64. The maximum absolute atomic E-state index is 12.3. The van der Waals surface area contributed by atoms with Gasteiger partial charge in [0.25, 0.3) is 5.91 Å². The molecule has 1 amide bonds. The summed E-state index contributed by atoms with van der Waals surface area (Å²) in [4.78, 5) is 34.1. The lowest BCUT2D eigenvalue weighted by Crippen LogP contribution is -2.21. The number of nitrogens with zero attached hydrogens (tertiary/aromatic N) is 3. The third-order valence-electron chi connectivity index (χ3n) is 3.62. The van der Waals surface area contributed by atoms with Crippen LogP contribution < -0.4 is 10.2 Å². The lowest BCUT2D eigenvalue weighted by molar-refractivity contribution is 0.101. The topological polar surface area (TPSA) is 75.2 Å². The number of carbonyl (C=O) groups excluding carboxylic acids is 2. The van der Waals surface area contributed by atoms with Crippen LogP contribution in [0.15, 0.2) is 36.7 Å². The normalized spacial score (nSPS) is 10.3. The molecule has 6 nitrogen and oxygen atoms in total. The van der Waals surface area contributed by atoms with Gasteiger partial charge in [-0.05, 0) is 25.5 Å². The van der Waals surface area contributed by atoms with E-state index in [0.29, 0.717) is 22.8 Å². The first kappa shape index (κ1) is 17.6. The highest BCUT2D eigenvalue weighted by Crippen LogP contribution is 2.13. The first-order chi connectivity index (χ1) is 11.5. The van der Waals surface area contributed by atoms with Gasteiger partial charge in [-0.25, -0.2) is 9.97 Å². The van der Waals surface area contributed by atoms with Crippen molar-refractivity contribution >= 4 is 23.3 Å². The summed E-state index contributed by atoms with van der Waals surface area (Å²) in [5.74, 6) is 0.242. The van der Waals surface area contributed by atoms with E-state index in [1.807, 2.05) is 11.9 Å². The van der Waals surface area contributed by atoms with E-state index in [9.17, 15) is 9.59 Å². The van der Waals surface area contributed by atoms with E-state index in [1.165, 1.54) is 19.3 Å². The van der Waals surface area contributed by atoms with Gasteiger partial charge in [0.1, 0.15) is 0 Å². The van der Waals surface area contributed by atoms with Gasteiger partial charge in [0, 0.05) is 37.2 Å². The highest BCUT2D eigenvalue weighted by atomic mass is 16.1. The molecule has 2 aromatic rings. The number of ketones is 1. The summed E-state index contributed by atoms with van der Waals surface area (Å²) >= 11 is 0. The Morgan fingerprint density at radius 2 is 1.88 bits per heavy atom. The smallest absolute Gasteiger partial charge is 0.258 e. The number of hydrogen-bond donors (Lipinski definition) is 1. The van der Waals surface area contributed by atoms with Crippen molar-refractivity contribution in [3.05, 3.63) is 47.8 Å². The molecular formula is C18H22N4O2. The van der Waals surface area contributed by atoms with Gasteiger partial charge < -0.3 is 10.2 Å². The molecule has 0 saturated heterocycles. The predicted octanol–water partition coefficient (Wildman–Crippen LogP) is 3.17. The van der Waals surface area contributed by atoms with Gasteiger partial charge in [-0.15, -0.1) is 0 Å². The fourth-order valence-corrected chi connectivity index (χ4v) is 2.15. The Bertz CT molecular complexity index is 713. The van der Waals surface area contributed by atoms with E-state index < -0.39 is 0 Å². The minimum absolute atomic E-state index is 0.0473. The van der Waals surface area contributed by atoms with Crippen LogP contribution in [-0.4, -0.2) is 35.3 Å². The highest BCUT2D eigenvalue weighted by molar-refractivity contribution is 6.04. The first-order valence-corrected chi connectivity index (χ1v) is 7.96. The maximum atomic E-state index is 12.3. The van der Waals surface area contributed by atoms with Crippen molar-refractivity contribution in [1.82, 2.24) is 9.97 Å². The molecule has 0 spiro atoms. The maximum Gasteiger partial charge on any atom is 0.258 e. The average molecular weight is 326 g/mol. The summed E-state index contributed by atoms with van der Waals surface area (Å²) in [6.45, 7) is 4.49. The number of Topliss-reactive ketones (excluding diaryl/α,β-unsaturated/α-hetero) is 1. The summed E-state index contributed by atoms with van der Waals surface area (Å²) in [5.41, 5.74) is 1.49. The Morgan fingerprint density at radius 3 is 2.50 bits per heavy atom. The van der Waals surface area contributed by atoms with Crippen molar-refractivity contribution < 1.29 is 9.59 Å². The summed E-state index contributed by atoms with van der Waals surface area (Å²) < 4.78 is 0. The minimum Gasteiger partial charge on any atom is -0.344 e. The third-order valence-corrected chi connectivity index (χ3v) is 3.62. The number of unbranched alkanes of at least 4 members (excludes halogenated alkanes) is 1. The lowest BCUT2D eigenvalue weighted by atomic mass is 10.1. The molecule has 1 aromatic heterocycles. The van der Waals surface area contributed by atoms with Crippen molar-refractivity contribution in [3.63, 3.8) is 0 Å². The molecule has 0 fully saturated rings. The molecule has 1 N–H and O–H groups in total. The fourth-order valence-electron chi connectivity index (χ4n) is 2.15. The summed E-state index contributed by atoms with van der Waals surface area (Å²) in [5, 5.41) is 2.75. The molecule has 0 aliphatic rings. The van der Waals surface area contributed by atoms with Crippen LogP contribution in [0.3, 0.4) is 0 Å². The number of rotatable bonds is 7. The van der Waals surface area contributed by atoms with E-state index in [0.717, 1.165) is 19.4 Å². The Morgan fingerprint density at radius 1 is 1.17 bits per heavy atom. The largest absolute Gasteiger partial charge is 0.344 e. The molecule has 0 saturated carbocycles. The molecule has 6 heteroatoms. The molecule has 0 bridgehead atoms. The van der Waals surface area contributed by atoms with Crippen molar-refractivity contribution in [3.8, 4) is 0 Å². The van der Waals surface area contributed by atoms with E-state index in [1.54, 1.807) is 24.3 Å². The number of hydrogen-bond acceptors (Lipinski definition) is 5. The molecule has 1 heterocycles. The zero-order valence-electron chi connectivity index (χ0n) is 14.2. The van der Waals surface area contributed by atoms with Gasteiger partial charge in [0.2, 0.25) is 5.95 Å². The molecule has 0 unspecified atom stereocenters. The molecule has 2 rings (SSSR count). The number of anilines is 2. The second-order valence-corrected chi connectivity index (χ2v) is 5.64. The minimum atomic E-state index is -0.307. The van der Waals surface area contributed by atoms with Gasteiger partial charge in [-0.3, -0.25) is 9.59 Å². The van der Waals surface area contributed by atoms with Gasteiger partial charge >= 0.3 is 0 Å². The molecular weight excluding hydrogens is 304 g/mol. The SMILES string of the molecule is CCCCN(C)c1ncc(C(=O)Nc2cccc(C(C)=O)c2)cn1.